The average molecular weight is 775 g/mol. The highest BCUT2D eigenvalue weighted by molar-refractivity contribution is 6.04. The van der Waals surface area contributed by atoms with E-state index in [-0.39, 0.29) is 42.7 Å². The average Bonchev–Trinajstić information content (AvgIpc) is 3.69. The molecule has 12 nitrogen and oxygen atoms in total. The van der Waals surface area contributed by atoms with Crippen molar-refractivity contribution in [2.75, 3.05) is 25.0 Å². The summed E-state index contributed by atoms with van der Waals surface area (Å²) < 4.78 is 60.4. The number of alkyl halides is 4. The second kappa shape index (κ2) is 14.6. The molecule has 1 aliphatic carbocycles. The number of anilines is 1. The minimum absolute atomic E-state index is 0.145. The number of pyridine rings is 1. The van der Waals surface area contributed by atoms with Gasteiger partial charge in [0, 0.05) is 49.7 Å². The number of rotatable bonds is 7. The number of imidazole rings is 1. The number of fused-ring (bicyclic) bond motifs is 2. The highest BCUT2D eigenvalue weighted by atomic mass is 19.4. The molecule has 0 radical (unpaired) electrons. The fourth-order valence-electron chi connectivity index (χ4n) is 8.86. The van der Waals surface area contributed by atoms with Crippen molar-refractivity contribution >= 4 is 45.3 Å². The van der Waals surface area contributed by atoms with Crippen molar-refractivity contribution < 1.29 is 31.9 Å². The molecule has 3 amide bonds. The van der Waals surface area contributed by atoms with Gasteiger partial charge >= 0.3 is 11.9 Å². The molecule has 3 aliphatic rings. The molecule has 294 valence electrons. The van der Waals surface area contributed by atoms with E-state index in [1.165, 1.54) is 15.2 Å². The molecule has 16 heteroatoms. The number of aryl methyl sites for hydroxylation is 2. The van der Waals surface area contributed by atoms with Gasteiger partial charge in [-0.25, -0.2) is 14.2 Å². The number of amides is 3. The van der Waals surface area contributed by atoms with Gasteiger partial charge in [0.05, 0.1) is 22.6 Å². The number of nitrogens with one attached hydrogen (secondary N) is 2. The first-order chi connectivity index (χ1) is 26.7. The monoisotopic (exact) mass is 774 g/mol. The maximum Gasteiger partial charge on any atom is 0.433 e. The number of para-hydroxylation sites is 1. The van der Waals surface area contributed by atoms with Crippen molar-refractivity contribution in [1.82, 2.24) is 34.1 Å². The molecule has 56 heavy (non-hydrogen) atoms. The summed E-state index contributed by atoms with van der Waals surface area (Å²) in [6.07, 6.45) is 0.813. The molecule has 3 atom stereocenters. The molecular formula is C40H42F4N8O4. The van der Waals surface area contributed by atoms with E-state index in [1.54, 1.807) is 32.2 Å². The summed E-state index contributed by atoms with van der Waals surface area (Å²) >= 11 is 0. The van der Waals surface area contributed by atoms with Crippen LogP contribution in [0.1, 0.15) is 90.3 Å². The Hall–Kier alpha value is -5.38. The van der Waals surface area contributed by atoms with Crippen molar-refractivity contribution in [2.24, 2.45) is 13.0 Å². The Kier molecular flexibility index (Phi) is 9.79. The van der Waals surface area contributed by atoms with Gasteiger partial charge in [-0.2, -0.15) is 18.3 Å². The fraction of sp³-hybridized carbons (Fsp3) is 0.450. The highest BCUT2D eigenvalue weighted by Crippen LogP contribution is 2.38. The van der Waals surface area contributed by atoms with E-state index >= 15 is 4.39 Å². The number of hydrogen-bond donors (Lipinski definition) is 2. The smallest absolute Gasteiger partial charge is 0.320 e. The topological polar surface area (TPSA) is 136 Å². The first-order valence-electron chi connectivity index (χ1n) is 19.0. The normalized spacial score (nSPS) is 23.8. The van der Waals surface area contributed by atoms with Crippen LogP contribution in [0.25, 0.3) is 21.9 Å². The van der Waals surface area contributed by atoms with Crippen LogP contribution in [0.2, 0.25) is 0 Å². The molecule has 8 rings (SSSR count). The van der Waals surface area contributed by atoms with E-state index in [1.807, 2.05) is 23.0 Å². The molecule has 0 bridgehead atoms. The molecule has 2 N–H and O–H groups in total. The zero-order valence-electron chi connectivity index (χ0n) is 31.0. The van der Waals surface area contributed by atoms with E-state index in [0.717, 1.165) is 67.4 Å². The zero-order chi connectivity index (χ0) is 39.5. The SMILES string of the molecule is Cc1cc2nn([C@H]3CC[C@H](CN4CCC(c5cccc6c5n(C)c(=O)n6C5CCC(=O)NC5=O)C(F)C4)CC3)cc2cc1NC(=O)c1cccc(C(F)(F)F)n1. The van der Waals surface area contributed by atoms with Crippen LogP contribution in [0.3, 0.4) is 0 Å². The van der Waals surface area contributed by atoms with Crippen molar-refractivity contribution in [1.29, 1.82) is 0 Å². The maximum absolute atomic E-state index is 16.1. The van der Waals surface area contributed by atoms with E-state index < -0.39 is 41.8 Å². The molecule has 5 aromatic rings. The van der Waals surface area contributed by atoms with Crippen molar-refractivity contribution in [3.63, 3.8) is 0 Å². The molecule has 1 saturated carbocycles. The summed E-state index contributed by atoms with van der Waals surface area (Å²) in [5.41, 5.74) is 2.04. The third-order valence-electron chi connectivity index (χ3n) is 11.8. The summed E-state index contributed by atoms with van der Waals surface area (Å²) in [6.45, 7) is 3.59. The lowest BCUT2D eigenvalue weighted by Gasteiger charge is -2.38. The Morgan fingerprint density at radius 1 is 1.00 bits per heavy atom. The lowest BCUT2D eigenvalue weighted by Crippen LogP contribution is -2.44. The molecule has 2 aromatic carbocycles. The van der Waals surface area contributed by atoms with Crippen LogP contribution in [0.15, 0.2) is 59.5 Å². The summed E-state index contributed by atoms with van der Waals surface area (Å²) in [7, 11) is 1.64. The van der Waals surface area contributed by atoms with Crippen molar-refractivity contribution in [3.05, 3.63) is 87.7 Å². The Labute approximate surface area is 318 Å². The molecule has 2 aliphatic heterocycles. The van der Waals surface area contributed by atoms with E-state index in [0.29, 0.717) is 34.6 Å². The van der Waals surface area contributed by atoms with Crippen LogP contribution < -0.4 is 16.3 Å². The Balaban J connectivity index is 0.884. The number of carbonyl (C=O) groups excluding carboxylic acids is 3. The number of imide groups is 1. The standard InChI is InChI=1S/C40H42F4N8O4/c1-22-17-31-24(18-30(22)46-37(54)29-6-4-8-34(45-29)40(42,43)44)20-51(48-31)25-11-9-23(10-12-25)19-50-16-15-26(28(41)21-50)27-5-3-7-32-36(27)49(2)39(56)52(32)33-13-14-35(53)47-38(33)55/h3-8,17-18,20,23,25-26,28,33H,9-16,19,21H2,1-2H3,(H,46,54)(H,47,53,55)/t23-,25-,26?,28?,33?. The van der Waals surface area contributed by atoms with Gasteiger partial charge in [0.15, 0.2) is 0 Å². The van der Waals surface area contributed by atoms with Crippen LogP contribution >= 0.6 is 0 Å². The zero-order valence-corrected chi connectivity index (χ0v) is 31.0. The van der Waals surface area contributed by atoms with Crippen molar-refractivity contribution in [3.8, 4) is 0 Å². The fourth-order valence-corrected chi connectivity index (χ4v) is 8.86. The number of carbonyl (C=O) groups is 3. The molecule has 0 spiro atoms. The molecule has 2 saturated heterocycles. The summed E-state index contributed by atoms with van der Waals surface area (Å²) in [6, 6.07) is 11.7. The summed E-state index contributed by atoms with van der Waals surface area (Å²) in [4.78, 5) is 56.4. The number of nitrogens with zero attached hydrogens (tertiary/aromatic N) is 6. The van der Waals surface area contributed by atoms with Crippen LogP contribution in [0, 0.1) is 12.8 Å². The maximum atomic E-state index is 16.1. The van der Waals surface area contributed by atoms with Gasteiger partial charge in [0.2, 0.25) is 11.8 Å². The molecular weight excluding hydrogens is 732 g/mol. The number of hydrogen-bond acceptors (Lipinski definition) is 7. The first kappa shape index (κ1) is 37.5. The third kappa shape index (κ3) is 7.10. The number of halogens is 4. The minimum Gasteiger partial charge on any atom is -0.320 e. The van der Waals surface area contributed by atoms with Crippen LogP contribution in [0.5, 0.6) is 0 Å². The van der Waals surface area contributed by atoms with Crippen LogP contribution in [0.4, 0.5) is 23.2 Å². The Morgan fingerprint density at radius 3 is 2.50 bits per heavy atom. The van der Waals surface area contributed by atoms with Gasteiger partial charge in [-0.1, -0.05) is 18.2 Å². The van der Waals surface area contributed by atoms with Gasteiger partial charge < -0.3 is 10.2 Å². The molecule has 5 heterocycles. The largest absolute Gasteiger partial charge is 0.433 e. The minimum atomic E-state index is -4.66. The molecule has 3 aromatic heterocycles. The summed E-state index contributed by atoms with van der Waals surface area (Å²) in [5.74, 6) is -1.60. The molecule has 3 unspecified atom stereocenters. The number of benzene rings is 2. The number of piperidine rings is 2. The first-order valence-corrected chi connectivity index (χ1v) is 19.0. The van der Waals surface area contributed by atoms with Gasteiger partial charge in [-0.15, -0.1) is 0 Å². The number of likely N-dealkylation sites (tertiary alicyclic amines) is 1. The Morgan fingerprint density at radius 2 is 1.77 bits per heavy atom. The lowest BCUT2D eigenvalue weighted by molar-refractivity contribution is -0.141. The van der Waals surface area contributed by atoms with Gasteiger partial charge in [0.25, 0.3) is 5.91 Å². The third-order valence-corrected chi connectivity index (χ3v) is 11.8. The van der Waals surface area contributed by atoms with Gasteiger partial charge in [-0.05, 0) is 99.4 Å². The summed E-state index contributed by atoms with van der Waals surface area (Å²) in [5, 5.41) is 10.6. The van der Waals surface area contributed by atoms with E-state index in [9.17, 15) is 32.3 Å². The van der Waals surface area contributed by atoms with Crippen molar-refractivity contribution in [2.45, 2.75) is 82.2 Å². The Bertz CT molecular complexity index is 2410. The lowest BCUT2D eigenvalue weighted by atomic mass is 9.83. The van der Waals surface area contributed by atoms with Crippen LogP contribution in [-0.2, 0) is 22.8 Å². The quantitative estimate of drug-likeness (QED) is 0.149. The second-order valence-electron chi connectivity index (χ2n) is 15.4. The van der Waals surface area contributed by atoms with Crippen LogP contribution in [-0.4, -0.2) is 72.3 Å². The predicted molar refractivity (Wildman–Crippen MR) is 200 cm³/mol. The van der Waals surface area contributed by atoms with Gasteiger partial charge in [-0.3, -0.25) is 33.5 Å². The van der Waals surface area contributed by atoms with E-state index in [4.69, 9.17) is 5.10 Å². The predicted octanol–water partition coefficient (Wildman–Crippen LogP) is 6.20. The van der Waals surface area contributed by atoms with E-state index in [2.05, 4.69) is 20.5 Å². The molecule has 3 fully saturated rings. The second-order valence-corrected chi connectivity index (χ2v) is 15.4. The van der Waals surface area contributed by atoms with Gasteiger partial charge in [0.1, 0.15) is 23.6 Å². The highest BCUT2D eigenvalue weighted by Gasteiger charge is 2.37. The number of aromatic nitrogens is 5.